The second-order valence-corrected chi connectivity index (χ2v) is 8.85. The molecular weight excluding hydrogens is 440 g/mol. The van der Waals surface area contributed by atoms with Crippen molar-refractivity contribution in [2.45, 2.75) is 6.54 Å². The summed E-state index contributed by atoms with van der Waals surface area (Å²) in [7, 11) is 1.63. The third-order valence-electron chi connectivity index (χ3n) is 3.52. The summed E-state index contributed by atoms with van der Waals surface area (Å²) in [6.07, 6.45) is 1.62. The predicted molar refractivity (Wildman–Crippen MR) is 115 cm³/mol. The van der Waals surface area contributed by atoms with Crippen molar-refractivity contribution in [1.82, 2.24) is 9.55 Å². The second-order valence-electron chi connectivity index (χ2n) is 5.52. The third-order valence-corrected chi connectivity index (χ3v) is 6.40. The molecule has 2 amide bonds. The monoisotopic (exact) mass is 456 g/mol. The minimum absolute atomic E-state index is 0.116. The van der Waals surface area contributed by atoms with E-state index >= 15 is 0 Å². The maximum absolute atomic E-state index is 12.3. The Kier molecular flexibility index (Phi) is 7.63. The highest BCUT2D eigenvalue weighted by molar-refractivity contribution is 8.00. The zero-order valence-electron chi connectivity index (χ0n) is 14.9. The molecule has 28 heavy (non-hydrogen) atoms. The fraction of sp³-hybridized carbons (Fsp3) is 0.294. The summed E-state index contributed by atoms with van der Waals surface area (Å²) in [6, 6.07) is 5.57. The van der Waals surface area contributed by atoms with Crippen LogP contribution in [0.3, 0.4) is 0 Å². The van der Waals surface area contributed by atoms with Gasteiger partial charge in [-0.05, 0) is 18.2 Å². The number of halogens is 1. The number of fused-ring (bicyclic) bond motifs is 1. The second kappa shape index (κ2) is 10.2. The lowest BCUT2D eigenvalue weighted by Crippen LogP contribution is -2.20. The van der Waals surface area contributed by atoms with E-state index in [0.717, 1.165) is 10.2 Å². The molecule has 0 radical (unpaired) electrons. The number of nitrogens with zero attached hydrogens (tertiary/aromatic N) is 3. The van der Waals surface area contributed by atoms with Crippen LogP contribution in [0.15, 0.2) is 34.8 Å². The number of rotatable bonds is 8. The van der Waals surface area contributed by atoms with Gasteiger partial charge in [0.1, 0.15) is 0 Å². The number of methoxy groups -OCH3 is 1. The molecule has 7 nitrogen and oxygen atoms in total. The molecule has 0 aliphatic carbocycles. The first-order valence-corrected chi connectivity index (χ1v) is 11.4. The van der Waals surface area contributed by atoms with Crippen LogP contribution in [-0.2, 0) is 20.9 Å². The molecule has 0 unspecified atom stereocenters. The number of hydrogen-bond donors (Lipinski definition) is 1. The molecule has 0 spiro atoms. The SMILES string of the molecule is COCCn1c(=NC(=O)CSCC(=O)Nc2nccs2)sc2cc(Cl)ccc21. The van der Waals surface area contributed by atoms with Crippen molar-refractivity contribution >= 4 is 73.2 Å². The van der Waals surface area contributed by atoms with Crippen LogP contribution >= 0.6 is 46.0 Å². The topological polar surface area (TPSA) is 85.6 Å². The van der Waals surface area contributed by atoms with E-state index in [-0.39, 0.29) is 23.3 Å². The number of anilines is 1. The van der Waals surface area contributed by atoms with Crippen molar-refractivity contribution in [3.8, 4) is 0 Å². The van der Waals surface area contributed by atoms with Gasteiger partial charge in [0, 0.05) is 30.3 Å². The Hall–Kier alpha value is -1.72. The van der Waals surface area contributed by atoms with Gasteiger partial charge in [0.2, 0.25) is 5.91 Å². The lowest BCUT2D eigenvalue weighted by atomic mass is 10.3. The van der Waals surface area contributed by atoms with Crippen LogP contribution in [0, 0.1) is 0 Å². The molecule has 1 N–H and O–H groups in total. The molecule has 0 aliphatic heterocycles. The Morgan fingerprint density at radius 1 is 1.39 bits per heavy atom. The Labute approximate surface area is 178 Å². The Morgan fingerprint density at radius 2 is 2.25 bits per heavy atom. The first-order valence-electron chi connectivity index (χ1n) is 8.19. The number of hydrogen-bond acceptors (Lipinski definition) is 7. The summed E-state index contributed by atoms with van der Waals surface area (Å²) in [5.74, 6) is -0.216. The molecule has 1 aromatic carbocycles. The van der Waals surface area contributed by atoms with Crippen molar-refractivity contribution in [3.63, 3.8) is 0 Å². The first-order chi connectivity index (χ1) is 13.6. The molecule has 0 saturated heterocycles. The smallest absolute Gasteiger partial charge is 0.258 e. The molecule has 0 aliphatic rings. The number of benzene rings is 1. The zero-order valence-corrected chi connectivity index (χ0v) is 18.1. The van der Waals surface area contributed by atoms with Crippen molar-refractivity contribution in [2.75, 3.05) is 30.5 Å². The van der Waals surface area contributed by atoms with Gasteiger partial charge >= 0.3 is 0 Å². The van der Waals surface area contributed by atoms with Gasteiger partial charge in [-0.25, -0.2) is 4.98 Å². The van der Waals surface area contributed by atoms with E-state index in [0.29, 0.717) is 28.1 Å². The molecule has 3 rings (SSSR count). The van der Waals surface area contributed by atoms with E-state index in [2.05, 4.69) is 15.3 Å². The molecule has 0 saturated carbocycles. The lowest BCUT2D eigenvalue weighted by molar-refractivity contribution is -0.115. The fourth-order valence-corrected chi connectivity index (χ4v) is 4.83. The number of aromatic nitrogens is 2. The largest absolute Gasteiger partial charge is 0.383 e. The van der Waals surface area contributed by atoms with Gasteiger partial charge in [0.15, 0.2) is 9.93 Å². The molecule has 2 heterocycles. The zero-order chi connectivity index (χ0) is 19.9. The van der Waals surface area contributed by atoms with Crippen LogP contribution in [0.5, 0.6) is 0 Å². The highest BCUT2D eigenvalue weighted by Gasteiger charge is 2.10. The van der Waals surface area contributed by atoms with Crippen molar-refractivity contribution in [2.24, 2.45) is 4.99 Å². The normalized spacial score (nSPS) is 11.9. The fourth-order valence-electron chi connectivity index (χ4n) is 2.34. The van der Waals surface area contributed by atoms with Gasteiger partial charge in [0.05, 0.1) is 28.3 Å². The van der Waals surface area contributed by atoms with E-state index < -0.39 is 0 Å². The van der Waals surface area contributed by atoms with Gasteiger partial charge in [-0.15, -0.1) is 23.1 Å². The Bertz CT molecular complexity index is 1030. The van der Waals surface area contributed by atoms with Crippen LogP contribution in [-0.4, -0.2) is 46.6 Å². The highest BCUT2D eigenvalue weighted by Crippen LogP contribution is 2.22. The van der Waals surface area contributed by atoms with Gasteiger partial charge in [0.25, 0.3) is 5.91 Å². The quantitative estimate of drug-likeness (QED) is 0.562. The number of carbonyl (C=O) groups excluding carboxylic acids is 2. The standard InChI is InChI=1S/C17H17ClN4O3S3/c1-25-6-5-22-12-3-2-11(18)8-13(12)28-17(22)21-15(24)10-26-9-14(23)20-16-19-4-7-27-16/h2-4,7-8H,5-6,9-10H2,1H3,(H,19,20,23). The average molecular weight is 457 g/mol. The Morgan fingerprint density at radius 3 is 3.00 bits per heavy atom. The first kappa shape index (κ1) is 21.0. The van der Waals surface area contributed by atoms with Crippen molar-refractivity contribution in [1.29, 1.82) is 0 Å². The van der Waals surface area contributed by atoms with Gasteiger partial charge in [-0.1, -0.05) is 22.9 Å². The Balaban J connectivity index is 1.66. The summed E-state index contributed by atoms with van der Waals surface area (Å²) in [4.78, 5) is 32.9. The maximum Gasteiger partial charge on any atom is 0.258 e. The average Bonchev–Trinajstić information content (AvgIpc) is 3.27. The number of thioether (sulfide) groups is 1. The number of thiazole rings is 2. The molecule has 2 aromatic heterocycles. The summed E-state index contributed by atoms with van der Waals surface area (Å²) in [5.41, 5.74) is 0.952. The van der Waals surface area contributed by atoms with E-state index in [4.69, 9.17) is 16.3 Å². The van der Waals surface area contributed by atoms with Crippen molar-refractivity contribution < 1.29 is 14.3 Å². The highest BCUT2D eigenvalue weighted by atomic mass is 35.5. The molecule has 0 atom stereocenters. The van der Waals surface area contributed by atoms with Gasteiger partial charge in [-0.2, -0.15) is 4.99 Å². The van der Waals surface area contributed by atoms with Crippen LogP contribution in [0.4, 0.5) is 5.13 Å². The van der Waals surface area contributed by atoms with E-state index in [1.165, 1.54) is 34.4 Å². The van der Waals surface area contributed by atoms with E-state index in [1.54, 1.807) is 18.7 Å². The number of carbonyl (C=O) groups is 2. The third kappa shape index (κ3) is 5.65. The molecule has 0 fully saturated rings. The molecule has 3 aromatic rings. The van der Waals surface area contributed by atoms with Crippen LogP contribution in [0.2, 0.25) is 5.02 Å². The lowest BCUT2D eigenvalue weighted by Gasteiger charge is -2.04. The minimum atomic E-state index is -0.295. The van der Waals surface area contributed by atoms with Gasteiger partial charge < -0.3 is 14.6 Å². The van der Waals surface area contributed by atoms with Crippen LogP contribution in [0.25, 0.3) is 10.2 Å². The van der Waals surface area contributed by atoms with Gasteiger partial charge in [-0.3, -0.25) is 9.59 Å². The summed E-state index contributed by atoms with van der Waals surface area (Å²) < 4.78 is 8.05. The van der Waals surface area contributed by atoms with E-state index in [1.807, 2.05) is 22.8 Å². The van der Waals surface area contributed by atoms with Crippen molar-refractivity contribution in [3.05, 3.63) is 39.6 Å². The van der Waals surface area contributed by atoms with Crippen LogP contribution in [0.1, 0.15) is 0 Å². The number of amides is 2. The molecular formula is C17H17ClN4O3S3. The van der Waals surface area contributed by atoms with E-state index in [9.17, 15) is 9.59 Å². The molecule has 11 heteroatoms. The number of ether oxygens (including phenoxy) is 1. The maximum atomic E-state index is 12.3. The minimum Gasteiger partial charge on any atom is -0.383 e. The number of nitrogens with one attached hydrogen (secondary N) is 1. The summed E-state index contributed by atoms with van der Waals surface area (Å²) >= 11 is 10.0. The summed E-state index contributed by atoms with van der Waals surface area (Å²) in [6.45, 7) is 1.08. The predicted octanol–water partition coefficient (Wildman–Crippen LogP) is 3.26. The summed E-state index contributed by atoms with van der Waals surface area (Å²) in [5, 5.41) is 5.64. The molecule has 0 bridgehead atoms. The van der Waals surface area contributed by atoms with Crippen LogP contribution < -0.4 is 10.1 Å². The molecule has 148 valence electrons.